The van der Waals surface area contributed by atoms with Gasteiger partial charge in [-0.2, -0.15) is 4.31 Å². The third-order valence-corrected chi connectivity index (χ3v) is 6.75. The summed E-state index contributed by atoms with van der Waals surface area (Å²) in [5.74, 6) is 0.150. The molecule has 0 aromatic rings. The Balaban J connectivity index is 4.91. The molecule has 0 aliphatic rings. The highest BCUT2D eigenvalue weighted by atomic mass is 31.3. The van der Waals surface area contributed by atoms with Crippen molar-refractivity contribution in [1.29, 1.82) is 0 Å². The summed E-state index contributed by atoms with van der Waals surface area (Å²) >= 11 is 0. The minimum Gasteiger partial charge on any atom is -0.302 e. The highest BCUT2D eigenvalue weighted by molar-refractivity contribution is 7.61. The van der Waals surface area contributed by atoms with Crippen LogP contribution in [0.5, 0.6) is 0 Å². The third kappa shape index (κ3) is 13.1. The smallest absolute Gasteiger partial charge is 0.302 e. The first-order chi connectivity index (χ1) is 11.7. The van der Waals surface area contributed by atoms with Gasteiger partial charge in [0.05, 0.1) is 12.7 Å². The topological polar surface area (TPSA) is 102 Å². The van der Waals surface area contributed by atoms with E-state index >= 15 is 0 Å². The first-order valence-corrected chi connectivity index (χ1v) is 12.4. The Morgan fingerprint density at radius 1 is 0.880 bits per heavy atom. The molecular weight excluding hydrogens is 366 g/mol. The Morgan fingerprint density at radius 3 is 2.00 bits per heavy atom. The second-order valence-electron chi connectivity index (χ2n) is 6.36. The summed E-state index contributed by atoms with van der Waals surface area (Å²) in [6.45, 7) is 8.13. The molecule has 0 radical (unpaired) electrons. The van der Waals surface area contributed by atoms with Crippen molar-refractivity contribution in [2.75, 3.05) is 6.61 Å². The summed E-state index contributed by atoms with van der Waals surface area (Å²) in [5, 5.41) is 0. The number of phosphoric acid groups is 2. The van der Waals surface area contributed by atoms with Crippen LogP contribution in [-0.4, -0.2) is 22.5 Å². The lowest BCUT2D eigenvalue weighted by Crippen LogP contribution is -2.15. The van der Waals surface area contributed by atoms with Gasteiger partial charge in [0.1, 0.15) is 0 Å². The highest BCUT2D eigenvalue weighted by Gasteiger charge is 2.38. The molecule has 3 atom stereocenters. The molecular formula is C16H36O7P2. The molecule has 0 aromatic carbocycles. The van der Waals surface area contributed by atoms with Gasteiger partial charge in [0.25, 0.3) is 0 Å². The zero-order chi connectivity index (χ0) is 19.3. The summed E-state index contributed by atoms with van der Waals surface area (Å²) in [7, 11) is -9.31. The van der Waals surface area contributed by atoms with Crippen LogP contribution in [0.2, 0.25) is 0 Å². The molecule has 0 saturated carbocycles. The van der Waals surface area contributed by atoms with E-state index in [0.29, 0.717) is 12.8 Å². The molecule has 9 heteroatoms. The maximum absolute atomic E-state index is 12.8. The van der Waals surface area contributed by atoms with Crippen LogP contribution in [0.3, 0.4) is 0 Å². The molecule has 0 aliphatic heterocycles. The largest absolute Gasteiger partial charge is 0.483 e. The van der Waals surface area contributed by atoms with Gasteiger partial charge in [-0.15, -0.1) is 0 Å². The SMILES string of the molecule is CCCCCC(CC)OP(=O)(OCC(CC)CCCC)OP(=O)(O)O. The van der Waals surface area contributed by atoms with Gasteiger partial charge in [0, 0.05) is 0 Å². The lowest BCUT2D eigenvalue weighted by molar-refractivity contribution is 0.0810. The van der Waals surface area contributed by atoms with Crippen LogP contribution < -0.4 is 0 Å². The normalized spacial score (nSPS) is 17.2. The third-order valence-electron chi connectivity index (χ3n) is 4.08. The number of unbranched alkanes of at least 4 members (excludes halogenated alkanes) is 3. The molecule has 0 bridgehead atoms. The number of phosphoric ester groups is 1. The fourth-order valence-corrected chi connectivity index (χ4v) is 4.89. The van der Waals surface area contributed by atoms with E-state index in [-0.39, 0.29) is 12.5 Å². The lowest BCUT2D eigenvalue weighted by atomic mass is 10.0. The monoisotopic (exact) mass is 402 g/mol. The van der Waals surface area contributed by atoms with Crippen molar-refractivity contribution in [3.8, 4) is 0 Å². The van der Waals surface area contributed by atoms with Crippen LogP contribution in [-0.2, 0) is 22.5 Å². The molecule has 3 unspecified atom stereocenters. The molecule has 0 aromatic heterocycles. The maximum Gasteiger partial charge on any atom is 0.483 e. The van der Waals surface area contributed by atoms with Crippen molar-refractivity contribution < 1.29 is 32.3 Å². The van der Waals surface area contributed by atoms with Crippen molar-refractivity contribution in [3.05, 3.63) is 0 Å². The van der Waals surface area contributed by atoms with Crippen molar-refractivity contribution in [2.45, 2.75) is 91.6 Å². The highest BCUT2D eigenvalue weighted by Crippen LogP contribution is 2.62. The minimum atomic E-state index is -4.99. The molecule has 0 rings (SSSR count). The molecule has 25 heavy (non-hydrogen) atoms. The Bertz CT molecular complexity index is 425. The summed E-state index contributed by atoms with van der Waals surface area (Å²) in [4.78, 5) is 18.1. The number of rotatable bonds is 16. The van der Waals surface area contributed by atoms with Crippen molar-refractivity contribution in [3.63, 3.8) is 0 Å². The Morgan fingerprint density at radius 2 is 1.52 bits per heavy atom. The van der Waals surface area contributed by atoms with Gasteiger partial charge >= 0.3 is 15.6 Å². The number of hydrogen-bond donors (Lipinski definition) is 2. The predicted molar refractivity (Wildman–Crippen MR) is 99.3 cm³/mol. The second-order valence-corrected chi connectivity index (χ2v) is 9.36. The maximum atomic E-state index is 12.8. The summed E-state index contributed by atoms with van der Waals surface area (Å²) < 4.78 is 39.2. The molecule has 0 amide bonds. The molecule has 0 heterocycles. The fraction of sp³-hybridized carbons (Fsp3) is 1.00. The first-order valence-electron chi connectivity index (χ1n) is 9.39. The number of hydrogen-bond acceptors (Lipinski definition) is 5. The first kappa shape index (κ1) is 25.3. The minimum absolute atomic E-state index is 0.0964. The van der Waals surface area contributed by atoms with Crippen LogP contribution in [0.15, 0.2) is 0 Å². The molecule has 0 saturated heterocycles. The van der Waals surface area contributed by atoms with Crippen LogP contribution in [0, 0.1) is 5.92 Å². The zero-order valence-electron chi connectivity index (χ0n) is 16.1. The van der Waals surface area contributed by atoms with Crippen molar-refractivity contribution >= 4 is 15.6 Å². The molecule has 2 N–H and O–H groups in total. The van der Waals surface area contributed by atoms with Gasteiger partial charge in [-0.05, 0) is 25.2 Å². The average molecular weight is 402 g/mol. The standard InChI is InChI=1S/C16H36O7P2/c1-5-9-11-13-16(8-4)22-25(20,23-24(17,18)19)21-14-15(7-3)12-10-6-2/h15-16H,5-14H2,1-4H3,(H2,17,18,19). The molecule has 7 nitrogen and oxygen atoms in total. The van der Waals surface area contributed by atoms with E-state index in [0.717, 1.165) is 44.9 Å². The van der Waals surface area contributed by atoms with Crippen molar-refractivity contribution in [1.82, 2.24) is 0 Å². The van der Waals surface area contributed by atoms with E-state index in [1.807, 2.05) is 13.8 Å². The fourth-order valence-electron chi connectivity index (χ4n) is 2.43. The van der Waals surface area contributed by atoms with Gasteiger partial charge in [-0.3, -0.25) is 9.05 Å². The van der Waals surface area contributed by atoms with E-state index < -0.39 is 21.7 Å². The van der Waals surface area contributed by atoms with E-state index in [4.69, 9.17) is 18.8 Å². The molecule has 0 fully saturated rings. The quantitative estimate of drug-likeness (QED) is 0.248. The summed E-state index contributed by atoms with van der Waals surface area (Å²) in [5.41, 5.74) is 0. The van der Waals surface area contributed by atoms with Crippen LogP contribution in [0.4, 0.5) is 0 Å². The zero-order valence-corrected chi connectivity index (χ0v) is 17.8. The van der Waals surface area contributed by atoms with Gasteiger partial charge < -0.3 is 9.79 Å². The van der Waals surface area contributed by atoms with Gasteiger partial charge in [0.2, 0.25) is 0 Å². The van der Waals surface area contributed by atoms with E-state index in [9.17, 15) is 9.13 Å². The van der Waals surface area contributed by atoms with Crippen LogP contribution >= 0.6 is 15.6 Å². The van der Waals surface area contributed by atoms with E-state index in [1.165, 1.54) is 0 Å². The summed E-state index contributed by atoms with van der Waals surface area (Å²) in [6.07, 6.45) is 7.52. The van der Waals surface area contributed by atoms with Crippen LogP contribution in [0.25, 0.3) is 0 Å². The Kier molecular flexibility index (Phi) is 13.6. The van der Waals surface area contributed by atoms with E-state index in [1.54, 1.807) is 0 Å². The van der Waals surface area contributed by atoms with Crippen molar-refractivity contribution in [2.24, 2.45) is 5.92 Å². The molecule has 152 valence electrons. The van der Waals surface area contributed by atoms with Gasteiger partial charge in [-0.1, -0.05) is 66.2 Å². The molecule has 0 aliphatic carbocycles. The Hall–Kier alpha value is 0.260. The summed E-state index contributed by atoms with van der Waals surface area (Å²) in [6, 6.07) is 0. The van der Waals surface area contributed by atoms with Gasteiger partial charge in [-0.25, -0.2) is 9.13 Å². The second kappa shape index (κ2) is 13.4. The van der Waals surface area contributed by atoms with E-state index in [2.05, 4.69) is 18.2 Å². The molecule has 0 spiro atoms. The lowest BCUT2D eigenvalue weighted by Gasteiger charge is -2.25. The average Bonchev–Trinajstić information content (AvgIpc) is 2.52. The van der Waals surface area contributed by atoms with Gasteiger partial charge in [0.15, 0.2) is 0 Å². The predicted octanol–water partition coefficient (Wildman–Crippen LogP) is 5.81. The Labute approximate surface area is 152 Å². The van der Waals surface area contributed by atoms with Crippen LogP contribution in [0.1, 0.15) is 85.5 Å².